The molecule has 5 heterocycles. The van der Waals surface area contributed by atoms with Crippen LogP contribution in [0.5, 0.6) is 0 Å². The van der Waals surface area contributed by atoms with E-state index in [1.807, 2.05) is 22.7 Å². The maximum Gasteiger partial charge on any atom is 0.244 e. The number of piperazine rings is 1. The standard InChI is InChI=1S/C26H37N7O7/c1-30-5-4-27-20(30)13-32-11-15-8-16(32)26(39)31-6-7-33(25(38)14-2-3-14)17(12-31)24(37)28-10-19-23(36)22(35)18(40-19)9-21(34)29-15/h4-5,14-19,22-23,35-36H,2-3,6-13H2,1H3,(H,28,37)(H,29,34)/t15-,16-,17-,18-,19+,22-,23+/m0/s1. The number of ether oxygens (including phenoxy) is 1. The van der Waals surface area contributed by atoms with Gasteiger partial charge in [0.25, 0.3) is 0 Å². The van der Waals surface area contributed by atoms with Gasteiger partial charge in [-0.25, -0.2) is 4.98 Å². The van der Waals surface area contributed by atoms with E-state index in [1.54, 1.807) is 16.0 Å². The molecule has 1 saturated carbocycles. The van der Waals surface area contributed by atoms with Crippen molar-refractivity contribution in [2.75, 3.05) is 32.7 Å². The molecule has 1 aromatic rings. The van der Waals surface area contributed by atoms with Crippen molar-refractivity contribution in [2.45, 2.75) is 74.8 Å². The number of carbonyl (C=O) groups excluding carboxylic acids is 4. The highest BCUT2D eigenvalue weighted by atomic mass is 16.5. The van der Waals surface area contributed by atoms with E-state index < -0.39 is 42.4 Å². The lowest BCUT2D eigenvalue weighted by Crippen LogP contribution is -2.63. The van der Waals surface area contributed by atoms with E-state index in [9.17, 15) is 29.4 Å². The molecule has 0 aromatic carbocycles. The van der Waals surface area contributed by atoms with Crippen LogP contribution in [0.3, 0.4) is 0 Å². The van der Waals surface area contributed by atoms with Gasteiger partial charge in [-0.05, 0) is 19.3 Å². The highest BCUT2D eigenvalue weighted by Crippen LogP contribution is 2.33. The van der Waals surface area contributed by atoms with Gasteiger partial charge in [-0.3, -0.25) is 24.1 Å². The first-order chi connectivity index (χ1) is 19.2. The van der Waals surface area contributed by atoms with Crippen molar-refractivity contribution in [3.8, 4) is 0 Å². The molecule has 4 N–H and O–H groups in total. The van der Waals surface area contributed by atoms with Gasteiger partial charge in [0.1, 0.15) is 30.2 Å². The number of imidazole rings is 1. The minimum atomic E-state index is -1.29. The largest absolute Gasteiger partial charge is 0.388 e. The van der Waals surface area contributed by atoms with E-state index in [2.05, 4.69) is 15.6 Å². The van der Waals surface area contributed by atoms with E-state index in [4.69, 9.17) is 4.74 Å². The molecule has 7 atom stereocenters. The number of aromatic nitrogens is 2. The van der Waals surface area contributed by atoms with Crippen molar-refractivity contribution in [2.24, 2.45) is 13.0 Å². The molecule has 1 aromatic heterocycles. The smallest absolute Gasteiger partial charge is 0.244 e. The Kier molecular flexibility index (Phi) is 7.27. The average Bonchev–Trinajstić information content (AvgIpc) is 3.53. The summed E-state index contributed by atoms with van der Waals surface area (Å²) in [6, 6.07) is -1.76. The van der Waals surface area contributed by atoms with Gasteiger partial charge in [0, 0.05) is 57.6 Å². The summed E-state index contributed by atoms with van der Waals surface area (Å²) >= 11 is 0. The molecule has 218 valence electrons. The number of nitrogens with one attached hydrogen (secondary N) is 2. The van der Waals surface area contributed by atoms with Crippen molar-refractivity contribution in [3.63, 3.8) is 0 Å². The zero-order chi connectivity index (χ0) is 28.1. The van der Waals surface area contributed by atoms with Gasteiger partial charge in [-0.15, -0.1) is 0 Å². The van der Waals surface area contributed by atoms with Gasteiger partial charge in [-0.1, -0.05) is 0 Å². The van der Waals surface area contributed by atoms with Gasteiger partial charge in [0.2, 0.25) is 23.6 Å². The molecule has 4 aliphatic heterocycles. The predicted molar refractivity (Wildman–Crippen MR) is 137 cm³/mol. The second kappa shape index (κ2) is 10.7. The zero-order valence-electron chi connectivity index (χ0n) is 22.5. The second-order valence-electron chi connectivity index (χ2n) is 11.6. The fraction of sp³-hybridized carbons (Fsp3) is 0.731. The lowest BCUT2D eigenvalue weighted by Gasteiger charge is -2.42. The van der Waals surface area contributed by atoms with E-state index in [0.29, 0.717) is 26.1 Å². The van der Waals surface area contributed by atoms with Crippen LogP contribution in [0.2, 0.25) is 0 Å². The van der Waals surface area contributed by atoms with E-state index in [1.165, 1.54) is 0 Å². The Hall–Kier alpha value is -3.07. The highest BCUT2D eigenvalue weighted by Gasteiger charge is 2.48. The van der Waals surface area contributed by atoms with Crippen LogP contribution in [0.25, 0.3) is 0 Å². The number of nitrogens with zero attached hydrogens (tertiary/aromatic N) is 5. The molecule has 14 heteroatoms. The maximum atomic E-state index is 14.0. The normalized spacial score (nSPS) is 35.6. The van der Waals surface area contributed by atoms with Crippen LogP contribution in [0.1, 0.15) is 31.5 Å². The Morgan fingerprint density at radius 3 is 2.60 bits per heavy atom. The number of fused-ring (bicyclic) bond motifs is 6. The number of likely N-dealkylation sites (tertiary alicyclic amines) is 1. The lowest BCUT2D eigenvalue weighted by molar-refractivity contribution is -0.151. The molecule has 0 spiro atoms. The SMILES string of the molecule is Cn1ccnc1CN1C[C@@H]2C[C@H]1C(=O)N1CCN(C(=O)C3CC3)[C@@H](C1)C(=O)NC[C@H]1O[C@@H](CC(=O)N2)[C@H](O)[C@@H]1O. The number of hydrogen-bond acceptors (Lipinski definition) is 9. The molecule has 6 bridgehead atoms. The van der Waals surface area contributed by atoms with Crippen molar-refractivity contribution < 1.29 is 34.1 Å². The van der Waals surface area contributed by atoms with E-state index >= 15 is 0 Å². The summed E-state index contributed by atoms with van der Waals surface area (Å²) < 4.78 is 7.67. The third kappa shape index (κ3) is 5.20. The molecule has 6 rings (SSSR count). The number of aryl methyl sites for hydroxylation is 1. The van der Waals surface area contributed by atoms with Gasteiger partial charge in [-0.2, -0.15) is 0 Å². The fourth-order valence-electron chi connectivity index (χ4n) is 6.37. The minimum absolute atomic E-state index is 0.0478. The summed E-state index contributed by atoms with van der Waals surface area (Å²) in [7, 11) is 1.88. The number of rotatable bonds is 3. The number of aliphatic hydroxyl groups is 2. The number of amides is 4. The first-order valence-corrected chi connectivity index (χ1v) is 14.1. The molecule has 40 heavy (non-hydrogen) atoms. The maximum absolute atomic E-state index is 14.0. The second-order valence-corrected chi connectivity index (χ2v) is 11.6. The Labute approximate surface area is 231 Å². The van der Waals surface area contributed by atoms with Crippen molar-refractivity contribution >= 4 is 23.6 Å². The van der Waals surface area contributed by atoms with Crippen molar-refractivity contribution in [3.05, 3.63) is 18.2 Å². The van der Waals surface area contributed by atoms with Crippen molar-refractivity contribution in [1.82, 2.24) is 34.9 Å². The summed E-state index contributed by atoms with van der Waals surface area (Å²) in [5.74, 6) is -0.332. The minimum Gasteiger partial charge on any atom is -0.388 e. The first kappa shape index (κ1) is 27.1. The molecule has 4 amide bonds. The van der Waals surface area contributed by atoms with Crippen LogP contribution in [0.4, 0.5) is 0 Å². The molecule has 0 radical (unpaired) electrons. The van der Waals surface area contributed by atoms with Crippen LogP contribution in [0.15, 0.2) is 12.4 Å². The van der Waals surface area contributed by atoms with Gasteiger partial charge >= 0.3 is 0 Å². The molecular weight excluding hydrogens is 522 g/mol. The summed E-state index contributed by atoms with van der Waals surface area (Å²) in [4.78, 5) is 63.0. The Morgan fingerprint density at radius 1 is 1.10 bits per heavy atom. The Morgan fingerprint density at radius 2 is 1.88 bits per heavy atom. The van der Waals surface area contributed by atoms with E-state index in [0.717, 1.165) is 18.7 Å². The third-order valence-corrected chi connectivity index (χ3v) is 8.85. The van der Waals surface area contributed by atoms with Crippen LogP contribution >= 0.6 is 0 Å². The molecular formula is C26H37N7O7. The third-order valence-electron chi connectivity index (χ3n) is 8.85. The number of hydrogen-bond donors (Lipinski definition) is 4. The monoisotopic (exact) mass is 559 g/mol. The van der Waals surface area contributed by atoms with Gasteiger partial charge in [0.05, 0.1) is 31.7 Å². The quantitative estimate of drug-likeness (QED) is 0.300. The van der Waals surface area contributed by atoms with Crippen LogP contribution in [0, 0.1) is 5.92 Å². The van der Waals surface area contributed by atoms with Crippen LogP contribution < -0.4 is 10.6 Å². The molecule has 1 aliphatic carbocycles. The van der Waals surface area contributed by atoms with Crippen LogP contribution in [-0.2, 0) is 37.5 Å². The van der Waals surface area contributed by atoms with E-state index in [-0.39, 0.29) is 55.7 Å². The van der Waals surface area contributed by atoms with Gasteiger partial charge in [0.15, 0.2) is 0 Å². The number of carbonyl (C=O) groups is 4. The topological polar surface area (TPSA) is 170 Å². The van der Waals surface area contributed by atoms with Crippen LogP contribution in [-0.4, -0.2) is 133 Å². The zero-order valence-corrected chi connectivity index (χ0v) is 22.5. The summed E-state index contributed by atoms with van der Waals surface area (Å²) in [6.45, 7) is 1.31. The molecule has 0 unspecified atom stereocenters. The van der Waals surface area contributed by atoms with Gasteiger partial charge < -0.3 is 40.0 Å². The first-order valence-electron chi connectivity index (χ1n) is 14.1. The summed E-state index contributed by atoms with van der Waals surface area (Å²) in [5.41, 5.74) is 0. The fourth-order valence-corrected chi connectivity index (χ4v) is 6.37. The molecule has 4 saturated heterocycles. The van der Waals surface area contributed by atoms with Crippen molar-refractivity contribution in [1.29, 1.82) is 0 Å². The summed E-state index contributed by atoms with van der Waals surface area (Å²) in [6.07, 6.45) is 0.880. The predicted octanol–water partition coefficient (Wildman–Crippen LogP) is -3.06. The molecule has 14 nitrogen and oxygen atoms in total. The highest BCUT2D eigenvalue weighted by molar-refractivity contribution is 5.91. The Bertz CT molecular complexity index is 1170. The Balaban J connectivity index is 1.28. The summed E-state index contributed by atoms with van der Waals surface area (Å²) in [5, 5.41) is 26.8. The molecule has 5 fully saturated rings. The average molecular weight is 560 g/mol. The number of aliphatic hydroxyl groups excluding tert-OH is 2. The molecule has 5 aliphatic rings. The lowest BCUT2D eigenvalue weighted by atomic mass is 10.0.